The van der Waals surface area contributed by atoms with Crippen LogP contribution in [0.4, 0.5) is 0 Å². The molecule has 0 amide bonds. The van der Waals surface area contributed by atoms with Crippen molar-refractivity contribution in [1.82, 2.24) is 0 Å². The Kier molecular flexibility index (Phi) is 2.34. The van der Waals surface area contributed by atoms with Gasteiger partial charge in [0.1, 0.15) is 0 Å². The predicted octanol–water partition coefficient (Wildman–Crippen LogP) is 4.64. The second-order valence-corrected chi connectivity index (χ2v) is 7.29. The van der Waals surface area contributed by atoms with Crippen molar-refractivity contribution in [3.8, 4) is 0 Å². The van der Waals surface area contributed by atoms with E-state index in [9.17, 15) is 0 Å². The maximum atomic E-state index is 1.65. The van der Waals surface area contributed by atoms with Crippen LogP contribution in [-0.4, -0.2) is 0 Å². The molecule has 90 valence electrons. The molecule has 0 saturated heterocycles. The summed E-state index contributed by atoms with van der Waals surface area (Å²) < 4.78 is 0. The fourth-order valence-corrected chi connectivity index (χ4v) is 6.05. The second kappa shape index (κ2) is 3.75. The van der Waals surface area contributed by atoms with Gasteiger partial charge in [0.15, 0.2) is 0 Å². The first kappa shape index (κ1) is 9.97. The highest BCUT2D eigenvalue weighted by Gasteiger charge is 2.52. The number of rotatable bonds is 1. The van der Waals surface area contributed by atoms with Crippen LogP contribution in [-0.2, 0) is 0 Å². The summed E-state index contributed by atoms with van der Waals surface area (Å²) in [5.41, 5.74) is 0. The number of fused-ring (bicyclic) bond motifs is 5. The van der Waals surface area contributed by atoms with Crippen molar-refractivity contribution in [3.63, 3.8) is 0 Å². The van der Waals surface area contributed by atoms with E-state index >= 15 is 0 Å². The van der Waals surface area contributed by atoms with Crippen molar-refractivity contribution in [1.29, 1.82) is 0 Å². The minimum Gasteiger partial charge on any atom is -0.0533 e. The van der Waals surface area contributed by atoms with Crippen LogP contribution < -0.4 is 0 Å². The Hall–Kier alpha value is 0. The third-order valence-corrected chi connectivity index (χ3v) is 6.74. The molecule has 4 rings (SSSR count). The molecule has 0 N–H and O–H groups in total. The number of hydrogen-bond acceptors (Lipinski definition) is 0. The van der Waals surface area contributed by atoms with Gasteiger partial charge in [0, 0.05) is 0 Å². The Balaban J connectivity index is 1.45. The molecular formula is C16H26. The van der Waals surface area contributed by atoms with E-state index in [1.54, 1.807) is 57.8 Å². The van der Waals surface area contributed by atoms with Gasteiger partial charge in [-0.15, -0.1) is 0 Å². The SMILES string of the molecule is C1CCC(C2CC3C4CCC(C4)C3C2)CC1. The Morgan fingerprint density at radius 3 is 1.69 bits per heavy atom. The van der Waals surface area contributed by atoms with Gasteiger partial charge in [0.05, 0.1) is 0 Å². The molecule has 0 aromatic rings. The van der Waals surface area contributed by atoms with Gasteiger partial charge in [-0.05, 0) is 67.6 Å². The van der Waals surface area contributed by atoms with Crippen molar-refractivity contribution in [2.24, 2.45) is 35.5 Å². The minimum absolute atomic E-state index is 1.15. The van der Waals surface area contributed by atoms with Gasteiger partial charge in [-0.25, -0.2) is 0 Å². The maximum absolute atomic E-state index is 1.65. The summed E-state index contributed by atoms with van der Waals surface area (Å²) in [5.74, 6) is 7.08. The van der Waals surface area contributed by atoms with Gasteiger partial charge in [-0.3, -0.25) is 0 Å². The average molecular weight is 218 g/mol. The summed E-state index contributed by atoms with van der Waals surface area (Å²) in [7, 11) is 0. The molecule has 0 radical (unpaired) electrons. The highest BCUT2D eigenvalue weighted by molar-refractivity contribution is 5.02. The van der Waals surface area contributed by atoms with Gasteiger partial charge in [0.2, 0.25) is 0 Å². The van der Waals surface area contributed by atoms with Crippen LogP contribution >= 0.6 is 0 Å². The number of hydrogen-bond donors (Lipinski definition) is 0. The summed E-state index contributed by atoms with van der Waals surface area (Å²) >= 11 is 0. The molecule has 0 aromatic carbocycles. The zero-order valence-corrected chi connectivity index (χ0v) is 10.5. The fraction of sp³-hybridized carbons (Fsp3) is 1.00. The van der Waals surface area contributed by atoms with E-state index in [4.69, 9.17) is 0 Å². The van der Waals surface area contributed by atoms with Gasteiger partial charge in [0.25, 0.3) is 0 Å². The molecule has 0 heterocycles. The molecule has 4 fully saturated rings. The summed E-state index contributed by atoms with van der Waals surface area (Å²) in [6, 6.07) is 0. The lowest BCUT2D eigenvalue weighted by atomic mass is 9.78. The molecule has 0 spiro atoms. The van der Waals surface area contributed by atoms with Crippen molar-refractivity contribution >= 4 is 0 Å². The van der Waals surface area contributed by atoms with E-state index in [0.29, 0.717) is 0 Å². The molecular weight excluding hydrogens is 192 g/mol. The predicted molar refractivity (Wildman–Crippen MR) is 67.1 cm³/mol. The van der Waals surface area contributed by atoms with Crippen LogP contribution in [0, 0.1) is 35.5 Å². The topological polar surface area (TPSA) is 0 Å². The highest BCUT2D eigenvalue weighted by Crippen LogP contribution is 2.61. The van der Waals surface area contributed by atoms with E-state index in [-0.39, 0.29) is 0 Å². The van der Waals surface area contributed by atoms with E-state index in [1.165, 1.54) is 36.0 Å². The Labute approximate surface area is 100 Å². The molecule has 4 aliphatic rings. The Morgan fingerprint density at radius 2 is 1.06 bits per heavy atom. The smallest absolute Gasteiger partial charge is 0.0352 e. The monoisotopic (exact) mass is 218 g/mol. The molecule has 2 bridgehead atoms. The molecule has 4 atom stereocenters. The summed E-state index contributed by atoms with van der Waals surface area (Å²) in [6.45, 7) is 0. The Bertz CT molecular complexity index is 245. The average Bonchev–Trinajstić information content (AvgIpc) is 3.02. The third-order valence-electron chi connectivity index (χ3n) is 6.74. The molecule has 4 aliphatic carbocycles. The normalized spacial score (nSPS) is 52.1. The van der Waals surface area contributed by atoms with Gasteiger partial charge in [-0.1, -0.05) is 32.1 Å². The van der Waals surface area contributed by atoms with E-state index in [1.807, 2.05) is 0 Å². The van der Waals surface area contributed by atoms with Gasteiger partial charge >= 0.3 is 0 Å². The van der Waals surface area contributed by atoms with Gasteiger partial charge < -0.3 is 0 Å². The summed E-state index contributed by atoms with van der Waals surface area (Å²) in [4.78, 5) is 0. The molecule has 0 aliphatic heterocycles. The maximum Gasteiger partial charge on any atom is -0.0352 e. The first-order valence-electron chi connectivity index (χ1n) is 7.92. The lowest BCUT2D eigenvalue weighted by molar-refractivity contribution is 0.234. The van der Waals surface area contributed by atoms with E-state index in [2.05, 4.69) is 0 Å². The lowest BCUT2D eigenvalue weighted by Crippen LogP contribution is -2.16. The minimum atomic E-state index is 1.15. The van der Waals surface area contributed by atoms with Crippen LogP contribution in [0.25, 0.3) is 0 Å². The standard InChI is InChI=1S/C16H26/c1-2-4-11(5-3-1)14-9-15-12-6-7-13(8-12)16(15)10-14/h11-16H,1-10H2. The van der Waals surface area contributed by atoms with Crippen LogP contribution in [0.3, 0.4) is 0 Å². The fourth-order valence-electron chi connectivity index (χ4n) is 6.05. The highest BCUT2D eigenvalue weighted by atomic mass is 14.6. The van der Waals surface area contributed by atoms with E-state index < -0.39 is 0 Å². The molecule has 4 unspecified atom stereocenters. The molecule has 0 nitrogen and oxygen atoms in total. The summed E-state index contributed by atoms with van der Waals surface area (Å²) in [6.07, 6.45) is 15.9. The first-order chi connectivity index (χ1) is 7.92. The van der Waals surface area contributed by atoms with Crippen molar-refractivity contribution in [2.75, 3.05) is 0 Å². The molecule has 0 aromatic heterocycles. The van der Waals surface area contributed by atoms with Crippen molar-refractivity contribution < 1.29 is 0 Å². The third kappa shape index (κ3) is 1.41. The quantitative estimate of drug-likeness (QED) is 0.601. The van der Waals surface area contributed by atoms with E-state index in [0.717, 1.165) is 5.92 Å². The van der Waals surface area contributed by atoms with Crippen LogP contribution in [0.15, 0.2) is 0 Å². The first-order valence-corrected chi connectivity index (χ1v) is 7.92. The van der Waals surface area contributed by atoms with Crippen LogP contribution in [0.5, 0.6) is 0 Å². The molecule has 0 heteroatoms. The Morgan fingerprint density at radius 1 is 0.438 bits per heavy atom. The lowest BCUT2D eigenvalue weighted by Gasteiger charge is -2.28. The molecule has 4 saturated carbocycles. The van der Waals surface area contributed by atoms with Crippen LogP contribution in [0.2, 0.25) is 0 Å². The second-order valence-electron chi connectivity index (χ2n) is 7.29. The zero-order chi connectivity index (χ0) is 10.5. The largest absolute Gasteiger partial charge is 0.0533 e. The van der Waals surface area contributed by atoms with Crippen molar-refractivity contribution in [2.45, 2.75) is 64.2 Å². The van der Waals surface area contributed by atoms with Gasteiger partial charge in [-0.2, -0.15) is 0 Å². The van der Waals surface area contributed by atoms with Crippen molar-refractivity contribution in [3.05, 3.63) is 0 Å². The van der Waals surface area contributed by atoms with Crippen LogP contribution in [0.1, 0.15) is 64.2 Å². The summed E-state index contributed by atoms with van der Waals surface area (Å²) in [5, 5.41) is 0. The zero-order valence-electron chi connectivity index (χ0n) is 10.5. The molecule has 16 heavy (non-hydrogen) atoms.